The molecule has 9 nitrogen and oxygen atoms in total. The zero-order chi connectivity index (χ0) is 28.2. The fourth-order valence-electron chi connectivity index (χ4n) is 4.51. The third-order valence-electron chi connectivity index (χ3n) is 6.49. The Bertz CT molecular complexity index is 1780. The molecule has 3 heterocycles. The molecule has 3 amide bonds. The summed E-state index contributed by atoms with van der Waals surface area (Å²) in [5.41, 5.74) is 4.54. The molecule has 40 heavy (non-hydrogen) atoms. The summed E-state index contributed by atoms with van der Waals surface area (Å²) in [4.78, 5) is 47.4. The number of benzene rings is 2. The molecule has 3 N–H and O–H groups in total. The molecule has 5 aromatic rings. The van der Waals surface area contributed by atoms with Gasteiger partial charge in [0.15, 0.2) is 0 Å². The van der Waals surface area contributed by atoms with Gasteiger partial charge in [0.1, 0.15) is 16.4 Å². The average Bonchev–Trinajstić information content (AvgIpc) is 3.48. The van der Waals surface area contributed by atoms with Crippen molar-refractivity contribution in [3.05, 3.63) is 88.2 Å². The van der Waals surface area contributed by atoms with E-state index in [0.29, 0.717) is 24.3 Å². The highest BCUT2D eigenvalue weighted by Gasteiger charge is 2.18. The van der Waals surface area contributed by atoms with E-state index in [4.69, 9.17) is 4.98 Å². The van der Waals surface area contributed by atoms with Gasteiger partial charge in [0, 0.05) is 60.0 Å². The van der Waals surface area contributed by atoms with E-state index in [2.05, 4.69) is 20.9 Å². The SMILES string of the molecule is CCNC(=O)Nc1cc(-c2nc(-c3ccccc3)cs2)c(-c2ccc3c(c2)c(=O)c(C(=O)NC)cn3CC)cn1. The highest BCUT2D eigenvalue weighted by atomic mass is 32.1. The molecular formula is C30H28N6O3S. The number of carbonyl (C=O) groups is 2. The van der Waals surface area contributed by atoms with Gasteiger partial charge < -0.3 is 15.2 Å². The van der Waals surface area contributed by atoms with Crippen molar-refractivity contribution in [2.75, 3.05) is 18.9 Å². The van der Waals surface area contributed by atoms with Crippen LogP contribution in [-0.2, 0) is 6.54 Å². The second kappa shape index (κ2) is 11.5. The van der Waals surface area contributed by atoms with Gasteiger partial charge in [-0.05, 0) is 37.6 Å². The van der Waals surface area contributed by atoms with Crippen LogP contribution in [0.3, 0.4) is 0 Å². The van der Waals surface area contributed by atoms with Crippen LogP contribution < -0.4 is 21.4 Å². The topological polar surface area (TPSA) is 118 Å². The molecular weight excluding hydrogens is 524 g/mol. The van der Waals surface area contributed by atoms with E-state index < -0.39 is 5.91 Å². The third kappa shape index (κ3) is 5.21. The van der Waals surface area contributed by atoms with Crippen LogP contribution in [0.2, 0.25) is 0 Å². The molecule has 0 aliphatic heterocycles. The number of hydrogen-bond donors (Lipinski definition) is 3. The van der Waals surface area contributed by atoms with Gasteiger partial charge in [0.05, 0.1) is 11.2 Å². The van der Waals surface area contributed by atoms with Crippen molar-refractivity contribution in [1.82, 2.24) is 25.2 Å². The number of aryl methyl sites for hydroxylation is 1. The minimum atomic E-state index is -0.432. The van der Waals surface area contributed by atoms with Gasteiger partial charge in [-0.15, -0.1) is 11.3 Å². The van der Waals surface area contributed by atoms with E-state index in [-0.39, 0.29) is 17.0 Å². The number of pyridine rings is 2. The standard InChI is InChI=1S/C30H28N6O3S/c1-4-32-30(39)35-26-14-20(29-34-24(17-40-29)18-9-7-6-8-10-18)22(15-33-26)19-11-12-25-21(13-19)27(37)23(28(38)31-3)16-36(25)5-2/h6-17H,4-5H2,1-3H3,(H,31,38)(H2,32,33,35,39). The predicted molar refractivity (Wildman–Crippen MR) is 160 cm³/mol. The molecule has 0 aliphatic rings. The van der Waals surface area contributed by atoms with Gasteiger partial charge in [0.2, 0.25) is 5.43 Å². The van der Waals surface area contributed by atoms with Crippen molar-refractivity contribution in [3.63, 3.8) is 0 Å². The minimum Gasteiger partial charge on any atom is -0.355 e. The summed E-state index contributed by atoms with van der Waals surface area (Å²) in [5.74, 6) is -0.0592. The van der Waals surface area contributed by atoms with Gasteiger partial charge in [-0.2, -0.15) is 0 Å². The van der Waals surface area contributed by atoms with Crippen LogP contribution in [0, 0.1) is 0 Å². The van der Waals surface area contributed by atoms with Crippen molar-refractivity contribution < 1.29 is 9.59 Å². The Morgan fingerprint density at radius 1 is 1.00 bits per heavy atom. The Morgan fingerprint density at radius 3 is 2.52 bits per heavy atom. The Labute approximate surface area is 234 Å². The monoisotopic (exact) mass is 552 g/mol. The lowest BCUT2D eigenvalue weighted by Crippen LogP contribution is -2.28. The summed E-state index contributed by atoms with van der Waals surface area (Å²) >= 11 is 1.48. The lowest BCUT2D eigenvalue weighted by atomic mass is 9.99. The van der Waals surface area contributed by atoms with Gasteiger partial charge in [-0.3, -0.25) is 14.9 Å². The fraction of sp³-hybridized carbons (Fsp3) is 0.167. The van der Waals surface area contributed by atoms with Crippen LogP contribution in [0.4, 0.5) is 10.6 Å². The van der Waals surface area contributed by atoms with Crippen LogP contribution in [0.15, 0.2) is 77.2 Å². The van der Waals surface area contributed by atoms with E-state index in [1.54, 1.807) is 24.5 Å². The molecule has 0 saturated carbocycles. The van der Waals surface area contributed by atoms with Gasteiger partial charge in [0.25, 0.3) is 5.91 Å². The molecule has 0 spiro atoms. The van der Waals surface area contributed by atoms with Crippen LogP contribution >= 0.6 is 11.3 Å². The largest absolute Gasteiger partial charge is 0.355 e. The maximum Gasteiger partial charge on any atom is 0.320 e. The number of carbonyl (C=O) groups excluding carboxylic acids is 2. The van der Waals surface area contributed by atoms with Crippen molar-refractivity contribution in [2.45, 2.75) is 20.4 Å². The Balaban J connectivity index is 1.68. The van der Waals surface area contributed by atoms with Gasteiger partial charge in [-0.25, -0.2) is 14.8 Å². The van der Waals surface area contributed by atoms with Crippen LogP contribution in [0.5, 0.6) is 0 Å². The Kier molecular flexibility index (Phi) is 7.70. The van der Waals surface area contributed by atoms with E-state index in [1.165, 1.54) is 18.4 Å². The van der Waals surface area contributed by atoms with E-state index in [9.17, 15) is 14.4 Å². The number of rotatable bonds is 7. The summed E-state index contributed by atoms with van der Waals surface area (Å²) in [7, 11) is 1.50. The zero-order valence-electron chi connectivity index (χ0n) is 22.3. The number of hydrogen-bond acceptors (Lipinski definition) is 6. The smallest absolute Gasteiger partial charge is 0.320 e. The third-order valence-corrected chi connectivity index (χ3v) is 7.37. The average molecular weight is 553 g/mol. The molecule has 0 radical (unpaired) electrons. The van der Waals surface area contributed by atoms with Crippen molar-refractivity contribution in [1.29, 1.82) is 0 Å². The Hall–Kier alpha value is -4.83. The van der Waals surface area contributed by atoms with Crippen molar-refractivity contribution >= 4 is 40.0 Å². The molecule has 0 aliphatic carbocycles. The normalized spacial score (nSPS) is 10.9. The number of nitrogens with zero attached hydrogens (tertiary/aromatic N) is 3. The molecule has 2 aromatic carbocycles. The first kappa shape index (κ1) is 26.8. The van der Waals surface area contributed by atoms with Gasteiger partial charge in [-0.1, -0.05) is 36.4 Å². The number of aromatic nitrogens is 3. The summed E-state index contributed by atoms with van der Waals surface area (Å²) in [6, 6.07) is 16.9. The number of thiazole rings is 1. The second-order valence-corrected chi connectivity index (χ2v) is 9.83. The maximum absolute atomic E-state index is 13.4. The first-order valence-corrected chi connectivity index (χ1v) is 13.8. The number of fused-ring (bicyclic) bond motifs is 1. The first-order valence-electron chi connectivity index (χ1n) is 12.9. The predicted octanol–water partition coefficient (Wildman–Crippen LogP) is 5.37. The zero-order valence-corrected chi connectivity index (χ0v) is 23.1. The molecule has 0 atom stereocenters. The molecule has 0 bridgehead atoms. The number of nitrogens with one attached hydrogen (secondary N) is 3. The lowest BCUT2D eigenvalue weighted by molar-refractivity contribution is 0.0961. The van der Waals surface area contributed by atoms with Crippen LogP contribution in [0.25, 0.3) is 43.9 Å². The highest BCUT2D eigenvalue weighted by molar-refractivity contribution is 7.13. The summed E-state index contributed by atoms with van der Waals surface area (Å²) in [5, 5.41) is 11.2. The van der Waals surface area contributed by atoms with Crippen molar-refractivity contribution in [2.24, 2.45) is 0 Å². The summed E-state index contributed by atoms with van der Waals surface area (Å²) in [6.07, 6.45) is 3.27. The molecule has 0 unspecified atom stereocenters. The highest BCUT2D eigenvalue weighted by Crippen LogP contribution is 2.37. The quantitative estimate of drug-likeness (QED) is 0.251. The van der Waals surface area contributed by atoms with E-state index in [0.717, 1.165) is 38.5 Å². The van der Waals surface area contributed by atoms with Crippen molar-refractivity contribution in [3.8, 4) is 33.0 Å². The molecule has 0 fully saturated rings. The van der Waals surface area contributed by atoms with Gasteiger partial charge >= 0.3 is 6.03 Å². The lowest BCUT2D eigenvalue weighted by Gasteiger charge is -2.14. The van der Waals surface area contributed by atoms with Crippen LogP contribution in [-0.4, -0.2) is 40.1 Å². The Morgan fingerprint density at radius 2 is 1.80 bits per heavy atom. The summed E-state index contributed by atoms with van der Waals surface area (Å²) in [6.45, 7) is 4.87. The molecule has 202 valence electrons. The van der Waals surface area contributed by atoms with E-state index >= 15 is 0 Å². The molecule has 10 heteroatoms. The molecule has 3 aromatic heterocycles. The summed E-state index contributed by atoms with van der Waals surface area (Å²) < 4.78 is 1.89. The number of anilines is 1. The van der Waals surface area contributed by atoms with Crippen LogP contribution in [0.1, 0.15) is 24.2 Å². The minimum absolute atomic E-state index is 0.0845. The molecule has 0 saturated heterocycles. The fourth-order valence-corrected chi connectivity index (χ4v) is 5.37. The first-order chi connectivity index (χ1) is 19.4. The number of urea groups is 1. The second-order valence-electron chi connectivity index (χ2n) is 8.97. The maximum atomic E-state index is 13.4. The molecule has 5 rings (SSSR count). The number of amides is 3. The van der Waals surface area contributed by atoms with E-state index in [1.807, 2.05) is 66.3 Å².